The summed E-state index contributed by atoms with van der Waals surface area (Å²) in [4.78, 5) is 2.35. The number of hydrogen-bond acceptors (Lipinski definition) is 2. The molecule has 0 radical (unpaired) electrons. The minimum atomic E-state index is 0.271. The van der Waals surface area contributed by atoms with Gasteiger partial charge in [-0.1, -0.05) is 46.8 Å². The van der Waals surface area contributed by atoms with Gasteiger partial charge in [-0.2, -0.15) is 0 Å². The Morgan fingerprint density at radius 2 is 1.68 bits per heavy atom. The molecule has 108 valence electrons. The van der Waals surface area contributed by atoms with Crippen LogP contribution < -0.4 is 10.2 Å². The average molecular weight is 262 g/mol. The van der Waals surface area contributed by atoms with Gasteiger partial charge in [-0.15, -0.1) is 0 Å². The zero-order chi connectivity index (χ0) is 14.5. The van der Waals surface area contributed by atoms with Gasteiger partial charge in [0.15, 0.2) is 0 Å². The molecule has 1 rings (SSSR count). The highest BCUT2D eigenvalue weighted by Crippen LogP contribution is 2.22. The van der Waals surface area contributed by atoms with Crippen molar-refractivity contribution in [3.63, 3.8) is 0 Å². The molecule has 0 bridgehead atoms. The Balaban J connectivity index is 2.72. The van der Waals surface area contributed by atoms with Gasteiger partial charge >= 0.3 is 0 Å². The minimum Gasteiger partial charge on any atom is -0.373 e. The van der Waals surface area contributed by atoms with Crippen LogP contribution in [0.1, 0.15) is 40.2 Å². The standard InChI is InChI=1S/C17H30N2/c1-7-14-9-11-15(12-10-14)19(6)13-16(18-8-2)17(3,4)5/h9-12,16,18H,7-8,13H2,1-6H3. The predicted octanol–water partition coefficient (Wildman–Crippen LogP) is 3.71. The van der Waals surface area contributed by atoms with Gasteiger partial charge in [-0.05, 0) is 36.1 Å². The number of aryl methyl sites for hydroxylation is 1. The first kappa shape index (κ1) is 16.0. The molecular formula is C17H30N2. The van der Waals surface area contributed by atoms with Gasteiger partial charge in [0, 0.05) is 25.3 Å². The molecule has 19 heavy (non-hydrogen) atoms. The van der Waals surface area contributed by atoms with E-state index in [1.54, 1.807) is 0 Å². The number of hydrogen-bond donors (Lipinski definition) is 1. The zero-order valence-corrected chi connectivity index (χ0v) is 13.5. The largest absolute Gasteiger partial charge is 0.373 e. The second-order valence-corrected chi connectivity index (χ2v) is 6.38. The van der Waals surface area contributed by atoms with Crippen molar-refractivity contribution >= 4 is 5.69 Å². The smallest absolute Gasteiger partial charge is 0.0364 e. The first-order valence-corrected chi connectivity index (χ1v) is 7.42. The van der Waals surface area contributed by atoms with Crippen LogP contribution in [0.3, 0.4) is 0 Å². The van der Waals surface area contributed by atoms with Crippen LogP contribution in [-0.4, -0.2) is 26.2 Å². The summed E-state index contributed by atoms with van der Waals surface area (Å²) in [5.41, 5.74) is 2.97. The van der Waals surface area contributed by atoms with Crippen LogP contribution in [0.15, 0.2) is 24.3 Å². The van der Waals surface area contributed by atoms with Crippen LogP contribution in [0, 0.1) is 5.41 Å². The minimum absolute atomic E-state index is 0.271. The van der Waals surface area contributed by atoms with E-state index < -0.39 is 0 Å². The van der Waals surface area contributed by atoms with Crippen molar-refractivity contribution in [1.82, 2.24) is 5.32 Å². The SMILES string of the molecule is CCNC(CN(C)c1ccc(CC)cc1)C(C)(C)C. The van der Waals surface area contributed by atoms with E-state index in [-0.39, 0.29) is 5.41 Å². The number of benzene rings is 1. The van der Waals surface area contributed by atoms with Crippen molar-refractivity contribution in [3.8, 4) is 0 Å². The zero-order valence-electron chi connectivity index (χ0n) is 13.5. The molecule has 0 aliphatic heterocycles. The Bertz CT molecular complexity index is 362. The second-order valence-electron chi connectivity index (χ2n) is 6.38. The molecule has 2 nitrogen and oxygen atoms in total. The molecule has 0 aliphatic rings. The van der Waals surface area contributed by atoms with E-state index in [2.05, 4.69) is 76.1 Å². The van der Waals surface area contributed by atoms with Gasteiger partial charge in [0.2, 0.25) is 0 Å². The van der Waals surface area contributed by atoms with Crippen molar-refractivity contribution in [2.24, 2.45) is 5.41 Å². The van der Waals surface area contributed by atoms with Crippen LogP contribution >= 0.6 is 0 Å². The number of likely N-dealkylation sites (N-methyl/N-ethyl adjacent to an activating group) is 2. The van der Waals surface area contributed by atoms with Gasteiger partial charge < -0.3 is 10.2 Å². The van der Waals surface area contributed by atoms with Gasteiger partial charge in [-0.25, -0.2) is 0 Å². The maximum Gasteiger partial charge on any atom is 0.0364 e. The molecule has 1 aromatic rings. The van der Waals surface area contributed by atoms with Gasteiger partial charge in [0.25, 0.3) is 0 Å². The highest BCUT2D eigenvalue weighted by Gasteiger charge is 2.24. The fraction of sp³-hybridized carbons (Fsp3) is 0.647. The lowest BCUT2D eigenvalue weighted by Gasteiger charge is -2.35. The van der Waals surface area contributed by atoms with Crippen LogP contribution in [0.5, 0.6) is 0 Å². The number of nitrogens with one attached hydrogen (secondary N) is 1. The highest BCUT2D eigenvalue weighted by atomic mass is 15.1. The van der Waals surface area contributed by atoms with Gasteiger partial charge in [0.1, 0.15) is 0 Å². The van der Waals surface area contributed by atoms with E-state index in [0.717, 1.165) is 19.5 Å². The molecule has 2 heteroatoms. The quantitative estimate of drug-likeness (QED) is 0.841. The van der Waals surface area contributed by atoms with E-state index in [0.29, 0.717) is 6.04 Å². The summed E-state index contributed by atoms with van der Waals surface area (Å²) in [5.74, 6) is 0. The average Bonchev–Trinajstić information content (AvgIpc) is 2.37. The Morgan fingerprint density at radius 1 is 1.11 bits per heavy atom. The van der Waals surface area contributed by atoms with Crippen molar-refractivity contribution in [2.75, 3.05) is 25.0 Å². The van der Waals surface area contributed by atoms with E-state index in [9.17, 15) is 0 Å². The first-order chi connectivity index (χ1) is 8.88. The summed E-state index contributed by atoms with van der Waals surface area (Å²) in [6.45, 7) is 13.3. The summed E-state index contributed by atoms with van der Waals surface area (Å²) in [6, 6.07) is 9.40. The fourth-order valence-electron chi connectivity index (χ4n) is 2.26. The van der Waals surface area contributed by atoms with E-state index in [1.807, 2.05) is 0 Å². The lowest BCUT2D eigenvalue weighted by molar-refractivity contribution is 0.275. The predicted molar refractivity (Wildman–Crippen MR) is 86.0 cm³/mol. The van der Waals surface area contributed by atoms with Crippen molar-refractivity contribution < 1.29 is 0 Å². The molecule has 1 unspecified atom stereocenters. The fourth-order valence-corrected chi connectivity index (χ4v) is 2.26. The van der Waals surface area contributed by atoms with Crippen LogP contribution in [-0.2, 0) is 6.42 Å². The lowest BCUT2D eigenvalue weighted by atomic mass is 9.86. The molecule has 0 amide bonds. The molecule has 1 atom stereocenters. The topological polar surface area (TPSA) is 15.3 Å². The monoisotopic (exact) mass is 262 g/mol. The third-order valence-corrected chi connectivity index (χ3v) is 3.74. The third-order valence-electron chi connectivity index (χ3n) is 3.74. The molecule has 1 aromatic carbocycles. The van der Waals surface area contributed by atoms with Crippen LogP contribution in [0.2, 0.25) is 0 Å². The summed E-state index contributed by atoms with van der Waals surface area (Å²) < 4.78 is 0. The maximum atomic E-state index is 3.60. The van der Waals surface area contributed by atoms with Crippen molar-refractivity contribution in [3.05, 3.63) is 29.8 Å². The molecule has 0 heterocycles. The van der Waals surface area contributed by atoms with Gasteiger partial charge in [0.05, 0.1) is 0 Å². The number of nitrogens with zero attached hydrogens (tertiary/aromatic N) is 1. The van der Waals surface area contributed by atoms with Crippen LogP contribution in [0.4, 0.5) is 5.69 Å². The molecule has 0 saturated heterocycles. The second kappa shape index (κ2) is 6.95. The Hall–Kier alpha value is -1.02. The highest BCUT2D eigenvalue weighted by molar-refractivity contribution is 5.47. The number of anilines is 1. The Labute approximate surface area is 119 Å². The Kier molecular flexibility index (Phi) is 5.86. The normalized spacial score (nSPS) is 13.4. The van der Waals surface area contributed by atoms with Crippen LogP contribution in [0.25, 0.3) is 0 Å². The van der Waals surface area contributed by atoms with Crippen molar-refractivity contribution in [2.45, 2.75) is 47.1 Å². The summed E-state index contributed by atoms with van der Waals surface area (Å²) in [6.07, 6.45) is 1.10. The molecule has 0 aromatic heterocycles. The first-order valence-electron chi connectivity index (χ1n) is 7.42. The maximum absolute atomic E-state index is 3.60. The third kappa shape index (κ3) is 4.87. The Morgan fingerprint density at radius 3 is 2.11 bits per heavy atom. The summed E-state index contributed by atoms with van der Waals surface area (Å²) >= 11 is 0. The molecule has 0 aliphatic carbocycles. The van der Waals surface area contributed by atoms with E-state index >= 15 is 0 Å². The molecule has 1 N–H and O–H groups in total. The summed E-state index contributed by atoms with van der Waals surface area (Å²) in [5, 5.41) is 3.60. The molecule has 0 spiro atoms. The molecular weight excluding hydrogens is 232 g/mol. The number of rotatable bonds is 6. The van der Waals surface area contributed by atoms with E-state index in [1.165, 1.54) is 11.3 Å². The molecule has 0 saturated carbocycles. The lowest BCUT2D eigenvalue weighted by Crippen LogP contribution is -2.47. The summed E-state index contributed by atoms with van der Waals surface area (Å²) in [7, 11) is 2.18. The van der Waals surface area contributed by atoms with Crippen molar-refractivity contribution in [1.29, 1.82) is 0 Å². The van der Waals surface area contributed by atoms with E-state index in [4.69, 9.17) is 0 Å². The van der Waals surface area contributed by atoms with Gasteiger partial charge in [-0.3, -0.25) is 0 Å². The molecule has 0 fully saturated rings.